The molecule has 0 bridgehead atoms. The fourth-order valence-electron chi connectivity index (χ4n) is 1.57. The van der Waals surface area contributed by atoms with E-state index in [0.717, 1.165) is 10.2 Å². The van der Waals surface area contributed by atoms with Crippen LogP contribution >= 0.6 is 15.9 Å². The van der Waals surface area contributed by atoms with Crippen LogP contribution in [0.5, 0.6) is 0 Å². The Kier molecular flexibility index (Phi) is 4.16. The minimum absolute atomic E-state index is 0.293. The van der Waals surface area contributed by atoms with Crippen LogP contribution in [0, 0.1) is 5.82 Å². The first-order chi connectivity index (χ1) is 9.08. The van der Waals surface area contributed by atoms with Crippen LogP contribution < -0.4 is 10.2 Å². The van der Waals surface area contributed by atoms with Crippen LogP contribution in [-0.2, 0) is 0 Å². The number of carbonyl (C=O) groups is 1. The lowest BCUT2D eigenvalue weighted by atomic mass is 10.3. The standard InChI is InChI=1S/C14H12BrFN2O/c1-18(13-5-3-2-4-12(13)15)14(19)17-11-8-6-10(16)7-9-11/h2-9H,1H3,(H,17,19). The van der Waals surface area contributed by atoms with Gasteiger partial charge in [-0.05, 0) is 52.3 Å². The maximum Gasteiger partial charge on any atom is 0.326 e. The molecule has 2 rings (SSSR count). The quantitative estimate of drug-likeness (QED) is 0.880. The van der Waals surface area contributed by atoms with Crippen LogP contribution in [-0.4, -0.2) is 13.1 Å². The van der Waals surface area contributed by atoms with Crippen molar-refractivity contribution in [2.45, 2.75) is 0 Å². The third-order valence-corrected chi connectivity index (χ3v) is 3.28. The Morgan fingerprint density at radius 2 is 1.79 bits per heavy atom. The normalized spacial score (nSPS) is 10.1. The van der Waals surface area contributed by atoms with Crippen LogP contribution in [0.2, 0.25) is 0 Å². The number of carbonyl (C=O) groups excluding carboxylic acids is 1. The molecule has 0 heterocycles. The Balaban J connectivity index is 2.12. The fourth-order valence-corrected chi connectivity index (χ4v) is 2.12. The molecule has 0 aliphatic heterocycles. The van der Waals surface area contributed by atoms with Crippen LogP contribution in [0.1, 0.15) is 0 Å². The second-order valence-electron chi connectivity index (χ2n) is 3.95. The number of para-hydroxylation sites is 1. The maximum absolute atomic E-state index is 12.8. The van der Waals surface area contributed by atoms with Gasteiger partial charge in [0.15, 0.2) is 0 Å². The number of urea groups is 1. The number of halogens is 2. The summed E-state index contributed by atoms with van der Waals surface area (Å²) in [6.45, 7) is 0. The average molecular weight is 323 g/mol. The van der Waals surface area contributed by atoms with Gasteiger partial charge >= 0.3 is 6.03 Å². The molecule has 0 radical (unpaired) electrons. The van der Waals surface area contributed by atoms with E-state index in [1.807, 2.05) is 24.3 Å². The van der Waals surface area contributed by atoms with Crippen molar-refractivity contribution in [2.75, 3.05) is 17.3 Å². The number of amides is 2. The molecule has 0 aliphatic rings. The SMILES string of the molecule is CN(C(=O)Nc1ccc(F)cc1)c1ccccc1Br. The largest absolute Gasteiger partial charge is 0.326 e. The first kappa shape index (κ1) is 13.5. The smallest absolute Gasteiger partial charge is 0.308 e. The predicted molar refractivity (Wildman–Crippen MR) is 78.0 cm³/mol. The summed E-state index contributed by atoms with van der Waals surface area (Å²) in [5.74, 6) is -0.336. The Morgan fingerprint density at radius 1 is 1.16 bits per heavy atom. The maximum atomic E-state index is 12.8. The molecule has 98 valence electrons. The van der Waals surface area contributed by atoms with E-state index >= 15 is 0 Å². The third-order valence-electron chi connectivity index (χ3n) is 2.61. The number of anilines is 2. The molecule has 0 unspecified atom stereocenters. The number of benzene rings is 2. The van der Waals surface area contributed by atoms with Crippen molar-refractivity contribution in [1.29, 1.82) is 0 Å². The zero-order valence-corrected chi connectivity index (χ0v) is 11.8. The summed E-state index contributed by atoms with van der Waals surface area (Å²) in [6.07, 6.45) is 0. The summed E-state index contributed by atoms with van der Waals surface area (Å²) < 4.78 is 13.6. The van der Waals surface area contributed by atoms with Crippen molar-refractivity contribution in [3.8, 4) is 0 Å². The summed E-state index contributed by atoms with van der Waals surface area (Å²) in [7, 11) is 1.67. The summed E-state index contributed by atoms with van der Waals surface area (Å²) in [5, 5.41) is 2.69. The Bertz CT molecular complexity index is 586. The highest BCUT2D eigenvalue weighted by Crippen LogP contribution is 2.25. The van der Waals surface area contributed by atoms with Gasteiger partial charge < -0.3 is 5.32 Å². The van der Waals surface area contributed by atoms with Gasteiger partial charge in [-0.15, -0.1) is 0 Å². The predicted octanol–water partition coefficient (Wildman–Crippen LogP) is 4.26. The minimum Gasteiger partial charge on any atom is -0.308 e. The van der Waals surface area contributed by atoms with Gasteiger partial charge in [-0.3, -0.25) is 4.90 Å². The molecule has 0 fully saturated rings. The van der Waals surface area contributed by atoms with Gasteiger partial charge in [0, 0.05) is 17.2 Å². The third kappa shape index (κ3) is 3.32. The van der Waals surface area contributed by atoms with Crippen LogP contribution in [0.25, 0.3) is 0 Å². The molecule has 0 atom stereocenters. The fraction of sp³-hybridized carbons (Fsp3) is 0.0714. The van der Waals surface area contributed by atoms with Gasteiger partial charge in [0.2, 0.25) is 0 Å². The molecule has 0 aromatic heterocycles. The van der Waals surface area contributed by atoms with Crippen molar-refractivity contribution in [3.63, 3.8) is 0 Å². The zero-order chi connectivity index (χ0) is 13.8. The molecule has 2 amide bonds. The van der Waals surface area contributed by atoms with Crippen LogP contribution in [0.3, 0.4) is 0 Å². The van der Waals surface area contributed by atoms with E-state index in [9.17, 15) is 9.18 Å². The number of rotatable bonds is 2. The first-order valence-electron chi connectivity index (χ1n) is 5.63. The zero-order valence-electron chi connectivity index (χ0n) is 10.2. The van der Waals surface area contributed by atoms with Gasteiger partial charge in [-0.1, -0.05) is 12.1 Å². The van der Waals surface area contributed by atoms with Gasteiger partial charge in [-0.2, -0.15) is 0 Å². The average Bonchev–Trinajstić information content (AvgIpc) is 2.41. The second kappa shape index (κ2) is 5.84. The van der Waals surface area contributed by atoms with E-state index in [1.54, 1.807) is 7.05 Å². The van der Waals surface area contributed by atoms with Gasteiger partial charge in [-0.25, -0.2) is 9.18 Å². The molecule has 2 aromatic carbocycles. The minimum atomic E-state index is -0.336. The Morgan fingerprint density at radius 3 is 2.42 bits per heavy atom. The highest BCUT2D eigenvalue weighted by atomic mass is 79.9. The number of nitrogens with zero attached hydrogens (tertiary/aromatic N) is 1. The number of nitrogens with one attached hydrogen (secondary N) is 1. The topological polar surface area (TPSA) is 32.3 Å². The lowest BCUT2D eigenvalue weighted by Gasteiger charge is -2.19. The van der Waals surface area contributed by atoms with Gasteiger partial charge in [0.25, 0.3) is 0 Å². The van der Waals surface area contributed by atoms with Crippen LogP contribution in [0.15, 0.2) is 53.0 Å². The summed E-state index contributed by atoms with van der Waals surface area (Å²) in [6, 6.07) is 12.7. The van der Waals surface area contributed by atoms with E-state index in [4.69, 9.17) is 0 Å². The molecule has 0 spiro atoms. The van der Waals surface area contributed by atoms with E-state index in [2.05, 4.69) is 21.2 Å². The van der Waals surface area contributed by atoms with Crippen molar-refractivity contribution in [2.24, 2.45) is 0 Å². The van der Waals surface area contributed by atoms with Crippen molar-refractivity contribution in [1.82, 2.24) is 0 Å². The number of hydrogen-bond acceptors (Lipinski definition) is 1. The van der Waals surface area contributed by atoms with Gasteiger partial charge in [0.05, 0.1) is 5.69 Å². The van der Waals surface area contributed by atoms with E-state index < -0.39 is 0 Å². The van der Waals surface area contributed by atoms with Crippen molar-refractivity contribution >= 4 is 33.3 Å². The van der Waals surface area contributed by atoms with E-state index in [-0.39, 0.29) is 11.8 Å². The molecule has 1 N–H and O–H groups in total. The van der Waals surface area contributed by atoms with E-state index in [1.165, 1.54) is 29.2 Å². The van der Waals surface area contributed by atoms with Gasteiger partial charge in [0.1, 0.15) is 5.82 Å². The molecular weight excluding hydrogens is 311 g/mol. The highest BCUT2D eigenvalue weighted by Gasteiger charge is 2.13. The molecule has 0 aliphatic carbocycles. The summed E-state index contributed by atoms with van der Waals surface area (Å²) in [5.41, 5.74) is 1.30. The molecule has 3 nitrogen and oxygen atoms in total. The second-order valence-corrected chi connectivity index (χ2v) is 4.80. The monoisotopic (exact) mass is 322 g/mol. The summed E-state index contributed by atoms with van der Waals surface area (Å²) in [4.78, 5) is 13.5. The lowest BCUT2D eigenvalue weighted by molar-refractivity contribution is 0.258. The molecule has 2 aromatic rings. The number of hydrogen-bond donors (Lipinski definition) is 1. The lowest BCUT2D eigenvalue weighted by Crippen LogP contribution is -2.31. The first-order valence-corrected chi connectivity index (χ1v) is 6.42. The van der Waals surface area contributed by atoms with Crippen molar-refractivity contribution in [3.05, 3.63) is 58.8 Å². The summed E-state index contributed by atoms with van der Waals surface area (Å²) >= 11 is 3.39. The molecule has 19 heavy (non-hydrogen) atoms. The molecular formula is C14H12BrFN2O. The van der Waals surface area contributed by atoms with E-state index in [0.29, 0.717) is 5.69 Å². The van der Waals surface area contributed by atoms with Crippen molar-refractivity contribution < 1.29 is 9.18 Å². The molecule has 0 saturated carbocycles. The highest BCUT2D eigenvalue weighted by molar-refractivity contribution is 9.10. The Labute approximate surface area is 119 Å². The van der Waals surface area contributed by atoms with Crippen LogP contribution in [0.4, 0.5) is 20.6 Å². The molecule has 5 heteroatoms. The molecule has 0 saturated heterocycles. The Hall–Kier alpha value is -1.88.